The minimum absolute atomic E-state index is 0.571. The lowest BCUT2D eigenvalue weighted by Gasteiger charge is -2.20. The second-order valence-electron chi connectivity index (χ2n) is 4.12. The maximum Gasteiger partial charge on any atom is 0.107 e. The molecule has 3 N–H and O–H groups in total. The third-order valence-corrected chi connectivity index (χ3v) is 2.96. The van der Waals surface area contributed by atoms with Crippen LogP contribution in [0.2, 0.25) is 0 Å². The zero-order valence-corrected chi connectivity index (χ0v) is 9.25. The molecule has 1 aromatic heterocycles. The molecule has 0 bridgehead atoms. The van der Waals surface area contributed by atoms with Crippen LogP contribution in [0.4, 0.5) is 0 Å². The van der Waals surface area contributed by atoms with Crippen molar-refractivity contribution in [3.63, 3.8) is 0 Å². The van der Waals surface area contributed by atoms with Gasteiger partial charge in [0.25, 0.3) is 0 Å². The van der Waals surface area contributed by atoms with Crippen molar-refractivity contribution in [3.8, 4) is 0 Å². The summed E-state index contributed by atoms with van der Waals surface area (Å²) in [5.74, 6) is 1.60. The third-order valence-electron chi connectivity index (χ3n) is 2.96. The molecule has 2 heterocycles. The number of nitrogens with two attached hydrogens (primary N) is 1. The smallest absolute Gasteiger partial charge is 0.107 e. The van der Waals surface area contributed by atoms with E-state index >= 15 is 0 Å². The van der Waals surface area contributed by atoms with Gasteiger partial charge in [-0.05, 0) is 26.3 Å². The van der Waals surface area contributed by atoms with E-state index in [0.29, 0.717) is 12.5 Å². The fourth-order valence-corrected chi connectivity index (χ4v) is 2.16. The molecular formula is C11H19N3O. The molecule has 0 unspecified atom stereocenters. The van der Waals surface area contributed by atoms with Crippen molar-refractivity contribution in [3.05, 3.63) is 17.2 Å². The van der Waals surface area contributed by atoms with Crippen LogP contribution in [0.5, 0.6) is 0 Å². The van der Waals surface area contributed by atoms with E-state index in [1.54, 1.807) is 0 Å². The zero-order chi connectivity index (χ0) is 10.7. The molecule has 0 radical (unpaired) electrons. The average molecular weight is 209 g/mol. The molecule has 0 saturated carbocycles. The quantitative estimate of drug-likeness (QED) is 0.784. The van der Waals surface area contributed by atoms with E-state index in [-0.39, 0.29) is 0 Å². The number of rotatable bonds is 3. The second kappa shape index (κ2) is 4.77. The van der Waals surface area contributed by atoms with Crippen molar-refractivity contribution in [2.75, 3.05) is 19.8 Å². The molecule has 0 atom stereocenters. The van der Waals surface area contributed by atoms with Crippen molar-refractivity contribution >= 4 is 0 Å². The molecule has 2 rings (SSSR count). The summed E-state index contributed by atoms with van der Waals surface area (Å²) in [5, 5.41) is 0. The lowest BCUT2D eigenvalue weighted by atomic mass is 9.95. The van der Waals surface area contributed by atoms with E-state index in [4.69, 9.17) is 10.5 Å². The van der Waals surface area contributed by atoms with Gasteiger partial charge in [-0.25, -0.2) is 4.98 Å². The molecule has 0 spiro atoms. The van der Waals surface area contributed by atoms with Gasteiger partial charge in [-0.3, -0.25) is 0 Å². The van der Waals surface area contributed by atoms with Crippen molar-refractivity contribution in [1.29, 1.82) is 0 Å². The highest BCUT2D eigenvalue weighted by molar-refractivity contribution is 5.18. The monoisotopic (exact) mass is 209 g/mol. The largest absolute Gasteiger partial charge is 0.381 e. The molecule has 1 aliphatic rings. The van der Waals surface area contributed by atoms with Gasteiger partial charge in [-0.15, -0.1) is 0 Å². The van der Waals surface area contributed by atoms with Crippen LogP contribution in [0.3, 0.4) is 0 Å². The highest BCUT2D eigenvalue weighted by atomic mass is 16.5. The third kappa shape index (κ3) is 2.38. The molecule has 0 amide bonds. The first-order valence-corrected chi connectivity index (χ1v) is 5.64. The molecule has 0 aromatic carbocycles. The van der Waals surface area contributed by atoms with Crippen LogP contribution in [-0.2, 0) is 11.2 Å². The van der Waals surface area contributed by atoms with Gasteiger partial charge in [0, 0.05) is 31.2 Å². The summed E-state index contributed by atoms with van der Waals surface area (Å²) in [6, 6.07) is 0. The van der Waals surface area contributed by atoms with Crippen molar-refractivity contribution in [2.45, 2.75) is 32.1 Å². The van der Waals surface area contributed by atoms with E-state index < -0.39 is 0 Å². The fraction of sp³-hybridized carbons (Fsp3) is 0.727. The number of nitrogens with zero attached hydrogens (tertiary/aromatic N) is 1. The maximum absolute atomic E-state index is 5.52. The van der Waals surface area contributed by atoms with Crippen LogP contribution in [0.1, 0.15) is 36.0 Å². The molecule has 4 nitrogen and oxygen atoms in total. The Balaban J connectivity index is 2.11. The Kier molecular flexibility index (Phi) is 3.38. The highest BCUT2D eigenvalue weighted by Gasteiger charge is 2.20. The summed E-state index contributed by atoms with van der Waals surface area (Å²) in [7, 11) is 0. The van der Waals surface area contributed by atoms with Gasteiger partial charge in [-0.1, -0.05) is 0 Å². The number of hydrogen-bond donors (Lipinski definition) is 2. The summed E-state index contributed by atoms with van der Waals surface area (Å²) >= 11 is 0. The molecule has 0 aliphatic carbocycles. The summed E-state index contributed by atoms with van der Waals surface area (Å²) in [5.41, 5.74) is 7.94. The SMILES string of the molecule is Cc1[nH]c(CCN)nc1C1CCOCC1. The summed E-state index contributed by atoms with van der Waals surface area (Å²) in [4.78, 5) is 7.94. The minimum Gasteiger partial charge on any atom is -0.381 e. The molecule has 84 valence electrons. The Bertz CT molecular complexity index is 316. The summed E-state index contributed by atoms with van der Waals surface area (Å²) < 4.78 is 5.36. The number of aromatic nitrogens is 2. The average Bonchev–Trinajstić information content (AvgIpc) is 2.61. The van der Waals surface area contributed by atoms with Gasteiger partial charge < -0.3 is 15.5 Å². The first kappa shape index (κ1) is 10.6. The van der Waals surface area contributed by atoms with Crippen LogP contribution >= 0.6 is 0 Å². The lowest BCUT2D eigenvalue weighted by Crippen LogP contribution is -2.15. The molecular weight excluding hydrogens is 190 g/mol. The van der Waals surface area contributed by atoms with E-state index in [0.717, 1.165) is 38.3 Å². The predicted octanol–water partition coefficient (Wildman–Crippen LogP) is 1.11. The van der Waals surface area contributed by atoms with E-state index in [2.05, 4.69) is 16.9 Å². The first-order valence-electron chi connectivity index (χ1n) is 5.64. The normalized spacial score (nSPS) is 18.3. The number of imidazole rings is 1. The first-order chi connectivity index (χ1) is 7.31. The van der Waals surface area contributed by atoms with Gasteiger partial charge in [0.1, 0.15) is 5.82 Å². The van der Waals surface area contributed by atoms with Gasteiger partial charge in [0.05, 0.1) is 5.69 Å². The molecule has 4 heteroatoms. The van der Waals surface area contributed by atoms with Crippen molar-refractivity contribution in [1.82, 2.24) is 9.97 Å². The van der Waals surface area contributed by atoms with E-state index in [9.17, 15) is 0 Å². The van der Waals surface area contributed by atoms with Gasteiger partial charge in [0.2, 0.25) is 0 Å². The Labute approximate surface area is 90.2 Å². The van der Waals surface area contributed by atoms with Gasteiger partial charge >= 0.3 is 0 Å². The topological polar surface area (TPSA) is 63.9 Å². The number of H-pyrrole nitrogens is 1. The Morgan fingerprint density at radius 2 is 2.20 bits per heavy atom. The minimum atomic E-state index is 0.571. The van der Waals surface area contributed by atoms with Crippen LogP contribution < -0.4 is 5.73 Å². The standard InChI is InChI=1S/C11H19N3O/c1-8-11(9-3-6-15-7-4-9)14-10(13-8)2-5-12/h9H,2-7,12H2,1H3,(H,13,14). The number of nitrogens with one attached hydrogen (secondary N) is 1. The maximum atomic E-state index is 5.52. The zero-order valence-electron chi connectivity index (χ0n) is 9.25. The number of ether oxygens (including phenoxy) is 1. The molecule has 1 aromatic rings. The van der Waals surface area contributed by atoms with Crippen molar-refractivity contribution in [2.24, 2.45) is 5.73 Å². The van der Waals surface area contributed by atoms with Crippen molar-refractivity contribution < 1.29 is 4.74 Å². The molecule has 15 heavy (non-hydrogen) atoms. The molecule has 1 saturated heterocycles. The number of hydrogen-bond acceptors (Lipinski definition) is 3. The molecule has 1 aliphatic heterocycles. The fourth-order valence-electron chi connectivity index (χ4n) is 2.16. The Morgan fingerprint density at radius 3 is 2.87 bits per heavy atom. The van der Waals surface area contributed by atoms with Crippen LogP contribution in [0, 0.1) is 6.92 Å². The summed E-state index contributed by atoms with van der Waals surface area (Å²) in [6.45, 7) is 4.48. The highest BCUT2D eigenvalue weighted by Crippen LogP contribution is 2.27. The number of aromatic amines is 1. The van der Waals surface area contributed by atoms with Crippen LogP contribution in [0.25, 0.3) is 0 Å². The Morgan fingerprint density at radius 1 is 1.47 bits per heavy atom. The second-order valence-corrected chi connectivity index (χ2v) is 4.12. The van der Waals surface area contributed by atoms with E-state index in [1.807, 2.05) is 0 Å². The predicted molar refractivity (Wildman–Crippen MR) is 58.9 cm³/mol. The van der Waals surface area contributed by atoms with Crippen LogP contribution in [-0.4, -0.2) is 29.7 Å². The van der Waals surface area contributed by atoms with Gasteiger partial charge in [-0.2, -0.15) is 0 Å². The van der Waals surface area contributed by atoms with Gasteiger partial charge in [0.15, 0.2) is 0 Å². The molecule has 1 fully saturated rings. The Hall–Kier alpha value is -0.870. The lowest BCUT2D eigenvalue weighted by molar-refractivity contribution is 0.0844. The summed E-state index contributed by atoms with van der Waals surface area (Å²) in [6.07, 6.45) is 3.02. The van der Waals surface area contributed by atoms with E-state index in [1.165, 1.54) is 11.4 Å². The van der Waals surface area contributed by atoms with Crippen LogP contribution in [0.15, 0.2) is 0 Å². The number of aryl methyl sites for hydroxylation is 1.